The topological polar surface area (TPSA) is 128 Å². The number of amides is 1. The molecular weight excluding hydrogens is 721 g/mol. The molecule has 3 aliphatic rings. The number of hydrogen-bond donors (Lipinski definition) is 1. The minimum atomic E-state index is -0.813. The zero-order valence-corrected chi connectivity index (χ0v) is 34.8. The summed E-state index contributed by atoms with van der Waals surface area (Å²) in [6.45, 7) is 12.0. The molecule has 1 fully saturated rings. The molecule has 1 aliphatic carbocycles. The molecule has 1 saturated heterocycles. The number of pyridine rings is 1. The molecule has 10 nitrogen and oxygen atoms in total. The molecule has 0 saturated carbocycles. The predicted molar refractivity (Wildman–Crippen MR) is 193 cm³/mol. The SMILES string of the molecule is CC.Cc1cnc(OCCOC2CCCCO2)c(F)c1-c1c(Cl)c(F)cc2c1CC(CCCCNC(=O)OC(C)(C)C)(C1=CCCC=C1)O2.O=C[O-].[Na+]. The van der Waals surface area contributed by atoms with Crippen LogP contribution in [-0.2, 0) is 25.4 Å². The summed E-state index contributed by atoms with van der Waals surface area (Å²) in [4.78, 5) is 24.5. The Morgan fingerprint density at radius 2 is 1.91 bits per heavy atom. The monoisotopic (exact) mass is 772 g/mol. The Balaban J connectivity index is 0.00000154. The number of fused-ring (bicyclic) bond motifs is 1. The van der Waals surface area contributed by atoms with E-state index in [4.69, 9.17) is 45.2 Å². The van der Waals surface area contributed by atoms with Crippen LogP contribution in [0.4, 0.5) is 13.6 Å². The molecule has 14 heteroatoms. The molecule has 3 heterocycles. The second-order valence-electron chi connectivity index (χ2n) is 13.4. The van der Waals surface area contributed by atoms with Crippen LogP contribution in [0.3, 0.4) is 0 Å². The molecule has 1 aromatic carbocycles. The van der Waals surface area contributed by atoms with Crippen molar-refractivity contribution in [2.75, 3.05) is 26.4 Å². The summed E-state index contributed by atoms with van der Waals surface area (Å²) in [5.74, 6) is -1.32. The van der Waals surface area contributed by atoms with Gasteiger partial charge in [0.2, 0.25) is 0 Å². The van der Waals surface area contributed by atoms with Gasteiger partial charge < -0.3 is 38.9 Å². The maximum absolute atomic E-state index is 16.2. The molecule has 0 bridgehead atoms. The van der Waals surface area contributed by atoms with Gasteiger partial charge in [-0.3, -0.25) is 0 Å². The fourth-order valence-corrected chi connectivity index (χ4v) is 6.52. The minimum absolute atomic E-state index is 0. The second-order valence-corrected chi connectivity index (χ2v) is 13.7. The van der Waals surface area contributed by atoms with Crippen LogP contribution in [0.15, 0.2) is 36.1 Å². The Kier molecular flexibility index (Phi) is 19.8. The number of hydrogen-bond acceptors (Lipinski definition) is 9. The third kappa shape index (κ3) is 13.2. The van der Waals surface area contributed by atoms with Crippen molar-refractivity contribution < 1.29 is 76.7 Å². The molecule has 53 heavy (non-hydrogen) atoms. The number of alkyl carbamates (subject to hydrolysis) is 1. The van der Waals surface area contributed by atoms with E-state index in [0.717, 1.165) is 37.7 Å². The first kappa shape index (κ1) is 46.4. The normalized spacial score (nSPS) is 18.7. The zero-order valence-electron chi connectivity index (χ0n) is 32.1. The van der Waals surface area contributed by atoms with Crippen LogP contribution < -0.4 is 49.5 Å². The summed E-state index contributed by atoms with van der Waals surface area (Å²) in [6.07, 6.45) is 14.0. The molecule has 5 rings (SSSR count). The van der Waals surface area contributed by atoms with E-state index in [0.29, 0.717) is 55.7 Å². The standard InChI is InChI=1S/C36H45ClF2N2O6.C2H6.CH2O2.Na/c1-23-22-41-33(45-19-18-44-28-14-8-11-17-43-28)32(39)29(23)30-25-21-36(24-12-6-5-7-13-24,46-27(25)20-26(38)31(30)37)15-9-10-16-40-34(42)47-35(2,3)4;1-2;2-1-3;/h6,12-13,20,22,28H,5,7-11,14-19,21H2,1-4H3,(H,40,42);1-2H3;1H,(H,2,3);/q;;;+1/p-1. The van der Waals surface area contributed by atoms with Crippen LogP contribution in [0.5, 0.6) is 11.6 Å². The van der Waals surface area contributed by atoms with Gasteiger partial charge in [0.1, 0.15) is 29.4 Å². The summed E-state index contributed by atoms with van der Waals surface area (Å²) in [7, 11) is 0. The molecule has 0 radical (unpaired) electrons. The van der Waals surface area contributed by atoms with Gasteiger partial charge >= 0.3 is 35.7 Å². The van der Waals surface area contributed by atoms with Gasteiger partial charge in [-0.1, -0.05) is 43.7 Å². The van der Waals surface area contributed by atoms with Crippen LogP contribution >= 0.6 is 11.6 Å². The van der Waals surface area contributed by atoms with Gasteiger partial charge in [0.05, 0.1) is 11.6 Å². The molecule has 1 amide bonds. The van der Waals surface area contributed by atoms with Crippen molar-refractivity contribution in [2.45, 2.75) is 117 Å². The number of ether oxygens (including phenoxy) is 5. The average molecular weight is 773 g/mol. The predicted octanol–water partition coefficient (Wildman–Crippen LogP) is 4.95. The van der Waals surface area contributed by atoms with Crippen molar-refractivity contribution >= 4 is 24.2 Å². The number of halogens is 3. The summed E-state index contributed by atoms with van der Waals surface area (Å²) in [6, 6.07) is 1.29. The van der Waals surface area contributed by atoms with Crippen molar-refractivity contribution in [2.24, 2.45) is 0 Å². The van der Waals surface area contributed by atoms with E-state index >= 15 is 8.78 Å². The molecule has 2 aliphatic heterocycles. The molecule has 0 spiro atoms. The van der Waals surface area contributed by atoms with E-state index < -0.39 is 35.4 Å². The first-order valence-electron chi connectivity index (χ1n) is 18.0. The fraction of sp³-hybridized carbons (Fsp3) is 0.564. The number of aryl methyl sites for hydroxylation is 1. The summed E-state index contributed by atoms with van der Waals surface area (Å²) in [5.41, 5.74) is 1.07. The molecule has 2 unspecified atom stereocenters. The number of aromatic nitrogens is 1. The number of nitrogens with zero attached hydrogens (tertiary/aromatic N) is 1. The van der Waals surface area contributed by atoms with Gasteiger partial charge in [0.15, 0.2) is 12.1 Å². The summed E-state index contributed by atoms with van der Waals surface area (Å²) >= 11 is 6.65. The van der Waals surface area contributed by atoms with Crippen LogP contribution in [0.1, 0.15) is 97.1 Å². The van der Waals surface area contributed by atoms with Gasteiger partial charge in [-0.05, 0) is 90.2 Å². The second kappa shape index (κ2) is 22.6. The maximum atomic E-state index is 16.2. The number of allylic oxidation sites excluding steroid dienone is 2. The number of benzene rings is 1. The van der Waals surface area contributed by atoms with Crippen molar-refractivity contribution in [1.29, 1.82) is 0 Å². The van der Waals surface area contributed by atoms with E-state index in [1.807, 2.05) is 34.6 Å². The number of rotatable bonds is 12. The molecular formula is C39H52ClF2N2NaO8. The Morgan fingerprint density at radius 3 is 2.55 bits per heavy atom. The molecule has 1 N–H and O–H groups in total. The van der Waals surface area contributed by atoms with Crippen molar-refractivity contribution in [3.63, 3.8) is 0 Å². The first-order valence-corrected chi connectivity index (χ1v) is 18.4. The summed E-state index contributed by atoms with van der Waals surface area (Å²) < 4.78 is 60.7. The van der Waals surface area contributed by atoms with E-state index in [9.17, 15) is 4.79 Å². The first-order chi connectivity index (χ1) is 24.9. The Labute approximate surface area is 339 Å². The Hall–Kier alpha value is -2.74. The van der Waals surface area contributed by atoms with E-state index in [1.165, 1.54) is 12.3 Å². The smallest absolute Gasteiger partial charge is 0.554 e. The summed E-state index contributed by atoms with van der Waals surface area (Å²) in [5, 5.41) is 10.9. The Morgan fingerprint density at radius 1 is 1.17 bits per heavy atom. The molecule has 288 valence electrons. The van der Waals surface area contributed by atoms with Crippen LogP contribution in [0.25, 0.3) is 11.1 Å². The Bertz CT molecular complexity index is 1560. The van der Waals surface area contributed by atoms with Gasteiger partial charge in [0.25, 0.3) is 5.88 Å². The van der Waals surface area contributed by atoms with Crippen LogP contribution in [-0.4, -0.2) is 61.4 Å². The third-order valence-electron chi connectivity index (χ3n) is 8.44. The van der Waals surface area contributed by atoms with E-state index in [2.05, 4.69) is 28.5 Å². The maximum Gasteiger partial charge on any atom is 1.00 e. The van der Waals surface area contributed by atoms with Gasteiger partial charge in [-0.2, -0.15) is 0 Å². The van der Waals surface area contributed by atoms with Gasteiger partial charge in [0, 0.05) is 55.0 Å². The molecule has 2 aromatic rings. The van der Waals surface area contributed by atoms with Crippen LogP contribution in [0.2, 0.25) is 5.02 Å². The molecule has 1 aromatic heterocycles. The van der Waals surface area contributed by atoms with Crippen molar-refractivity contribution in [1.82, 2.24) is 10.3 Å². The van der Waals surface area contributed by atoms with E-state index in [-0.39, 0.29) is 71.1 Å². The number of nitrogens with one attached hydrogen (secondary N) is 1. The van der Waals surface area contributed by atoms with E-state index in [1.54, 1.807) is 6.92 Å². The zero-order chi connectivity index (χ0) is 38.3. The fourth-order valence-electron chi connectivity index (χ4n) is 6.26. The van der Waals surface area contributed by atoms with Gasteiger partial charge in [-0.15, -0.1) is 0 Å². The van der Waals surface area contributed by atoms with Crippen molar-refractivity contribution in [3.05, 3.63) is 63.8 Å². The largest absolute Gasteiger partial charge is 1.00 e. The number of carboxylic acid groups (broad SMARTS) is 1. The number of carbonyl (C=O) groups excluding carboxylic acids is 2. The molecule has 2 atom stereocenters. The quantitative estimate of drug-likeness (QED) is 0.181. The number of unbranched alkanes of at least 4 members (excludes halogenated alkanes) is 1. The average Bonchev–Trinajstić information content (AvgIpc) is 3.49. The van der Waals surface area contributed by atoms with Gasteiger partial charge in [-0.25, -0.2) is 18.6 Å². The number of carbonyl (C=O) groups is 2. The minimum Gasteiger partial charge on any atom is -0.554 e. The third-order valence-corrected chi connectivity index (χ3v) is 8.81. The van der Waals surface area contributed by atoms with Crippen LogP contribution in [0, 0.1) is 18.6 Å². The van der Waals surface area contributed by atoms with Crippen molar-refractivity contribution in [3.8, 4) is 22.8 Å².